The minimum Gasteiger partial charge on any atom is -0.384 e. The van der Waals surface area contributed by atoms with E-state index in [-0.39, 0.29) is 11.6 Å². The number of rotatable bonds is 5. The summed E-state index contributed by atoms with van der Waals surface area (Å²) in [6.45, 7) is 1.92. The van der Waals surface area contributed by atoms with Crippen LogP contribution in [0.5, 0.6) is 0 Å². The van der Waals surface area contributed by atoms with Gasteiger partial charge in [-0.15, -0.1) is 0 Å². The molecule has 0 unspecified atom stereocenters. The Morgan fingerprint density at radius 1 is 1.35 bits per heavy atom. The van der Waals surface area contributed by atoms with E-state index in [0.29, 0.717) is 18.7 Å². The third-order valence-corrected chi connectivity index (χ3v) is 3.22. The van der Waals surface area contributed by atoms with Crippen LogP contribution in [0.25, 0.3) is 0 Å². The second-order valence-corrected chi connectivity index (χ2v) is 4.72. The minimum absolute atomic E-state index is 0.0564. The van der Waals surface area contributed by atoms with Gasteiger partial charge in [0.25, 0.3) is 5.69 Å². The number of benzene rings is 1. The molecule has 1 saturated heterocycles. The Bertz CT molecular complexity index is 516. The second-order valence-electron chi connectivity index (χ2n) is 4.72. The average Bonchev–Trinajstić information content (AvgIpc) is 2.91. The molecule has 1 aliphatic heterocycles. The van der Waals surface area contributed by atoms with Crippen LogP contribution in [0.15, 0.2) is 18.2 Å². The van der Waals surface area contributed by atoms with E-state index in [0.717, 1.165) is 32.0 Å². The lowest BCUT2D eigenvalue weighted by Gasteiger charge is -2.15. The van der Waals surface area contributed by atoms with Crippen LogP contribution in [0, 0.1) is 15.9 Å². The highest BCUT2D eigenvalue weighted by molar-refractivity contribution is 5.77. The Morgan fingerprint density at radius 3 is 2.70 bits per heavy atom. The minimum atomic E-state index is -0.674. The molecule has 1 N–H and O–H groups in total. The normalized spacial score (nSPS) is 14.3. The molecule has 1 aromatic carbocycles. The van der Waals surface area contributed by atoms with E-state index in [2.05, 4.69) is 5.32 Å². The largest absolute Gasteiger partial charge is 0.384 e. The molecule has 0 atom stereocenters. The van der Waals surface area contributed by atoms with Crippen LogP contribution in [0.1, 0.15) is 19.3 Å². The fraction of sp³-hybridized carbons (Fsp3) is 0.462. The van der Waals surface area contributed by atoms with Gasteiger partial charge in [0.05, 0.1) is 11.0 Å². The lowest BCUT2D eigenvalue weighted by atomic mass is 10.2. The number of carbonyl (C=O) groups excluding carboxylic acids is 1. The number of likely N-dealkylation sites (tertiary alicyclic amines) is 1. The molecule has 1 heterocycles. The van der Waals surface area contributed by atoms with Crippen molar-refractivity contribution in [3.8, 4) is 0 Å². The summed E-state index contributed by atoms with van der Waals surface area (Å²) in [6.07, 6.45) is 2.37. The number of carbonyl (C=O) groups is 1. The molecular weight excluding hydrogens is 265 g/mol. The fourth-order valence-corrected chi connectivity index (χ4v) is 2.22. The number of hydrogen-bond donors (Lipinski definition) is 1. The zero-order valence-electron chi connectivity index (χ0n) is 11.0. The summed E-state index contributed by atoms with van der Waals surface area (Å²) in [7, 11) is 0. The van der Waals surface area contributed by atoms with Gasteiger partial charge in [0.1, 0.15) is 5.82 Å². The van der Waals surface area contributed by atoms with Crippen molar-refractivity contribution in [1.29, 1.82) is 0 Å². The van der Waals surface area contributed by atoms with E-state index in [4.69, 9.17) is 0 Å². The average molecular weight is 281 g/mol. The van der Waals surface area contributed by atoms with Gasteiger partial charge in [-0.25, -0.2) is 4.39 Å². The molecule has 0 saturated carbocycles. The van der Waals surface area contributed by atoms with Crippen molar-refractivity contribution in [2.24, 2.45) is 0 Å². The molecule has 2 rings (SSSR count). The number of nitro benzene ring substituents is 1. The fourth-order valence-electron chi connectivity index (χ4n) is 2.22. The maximum absolute atomic E-state index is 13.2. The molecule has 0 bridgehead atoms. The number of nitrogens with one attached hydrogen (secondary N) is 1. The first-order chi connectivity index (χ1) is 9.56. The van der Waals surface area contributed by atoms with Gasteiger partial charge in [-0.3, -0.25) is 14.9 Å². The van der Waals surface area contributed by atoms with Gasteiger partial charge in [-0.2, -0.15) is 0 Å². The summed E-state index contributed by atoms with van der Waals surface area (Å²) in [6, 6.07) is 3.29. The monoisotopic (exact) mass is 281 g/mol. The van der Waals surface area contributed by atoms with Gasteiger partial charge >= 0.3 is 0 Å². The van der Waals surface area contributed by atoms with Gasteiger partial charge in [0, 0.05) is 37.8 Å². The van der Waals surface area contributed by atoms with Crippen LogP contribution in [0.2, 0.25) is 0 Å². The van der Waals surface area contributed by atoms with Gasteiger partial charge in [-0.1, -0.05) is 0 Å². The summed E-state index contributed by atoms with van der Waals surface area (Å²) in [4.78, 5) is 23.5. The van der Waals surface area contributed by atoms with Crippen molar-refractivity contribution in [2.45, 2.75) is 19.3 Å². The first kappa shape index (κ1) is 14.2. The molecule has 1 fully saturated rings. The van der Waals surface area contributed by atoms with Gasteiger partial charge < -0.3 is 10.2 Å². The zero-order valence-corrected chi connectivity index (χ0v) is 11.0. The molecular formula is C13H16FN3O3. The third kappa shape index (κ3) is 3.66. The van der Waals surface area contributed by atoms with E-state index in [1.165, 1.54) is 12.1 Å². The van der Waals surface area contributed by atoms with Gasteiger partial charge in [-0.05, 0) is 18.9 Å². The highest BCUT2D eigenvalue weighted by Crippen LogP contribution is 2.20. The zero-order chi connectivity index (χ0) is 14.5. The first-order valence-corrected chi connectivity index (χ1v) is 6.53. The predicted octanol–water partition coefficient (Wildman–Crippen LogP) is 2.16. The van der Waals surface area contributed by atoms with Crippen molar-refractivity contribution in [3.05, 3.63) is 34.1 Å². The van der Waals surface area contributed by atoms with Crippen molar-refractivity contribution in [3.63, 3.8) is 0 Å². The Hall–Kier alpha value is -2.18. The topological polar surface area (TPSA) is 75.5 Å². The lowest BCUT2D eigenvalue weighted by molar-refractivity contribution is -0.385. The Kier molecular flexibility index (Phi) is 4.49. The number of non-ortho nitro benzene ring substituents is 1. The molecule has 0 spiro atoms. The van der Waals surface area contributed by atoms with Gasteiger partial charge in [0.2, 0.25) is 5.91 Å². The molecule has 1 aromatic rings. The molecule has 1 aliphatic rings. The van der Waals surface area contributed by atoms with Crippen LogP contribution in [0.4, 0.5) is 15.8 Å². The molecule has 7 heteroatoms. The number of nitro groups is 1. The van der Waals surface area contributed by atoms with Crippen molar-refractivity contribution in [1.82, 2.24) is 4.90 Å². The van der Waals surface area contributed by atoms with E-state index in [9.17, 15) is 19.3 Å². The number of anilines is 1. The second kappa shape index (κ2) is 6.31. The number of hydrogen-bond acceptors (Lipinski definition) is 4. The smallest absolute Gasteiger partial charge is 0.274 e. The summed E-state index contributed by atoms with van der Waals surface area (Å²) in [5.74, 6) is -0.617. The highest BCUT2D eigenvalue weighted by atomic mass is 19.1. The number of halogens is 1. The van der Waals surface area contributed by atoms with Crippen LogP contribution >= 0.6 is 0 Å². The van der Waals surface area contributed by atoms with Crippen LogP contribution in [0.3, 0.4) is 0 Å². The maximum atomic E-state index is 13.2. The molecule has 0 radical (unpaired) electrons. The van der Waals surface area contributed by atoms with Crippen molar-refractivity contribution >= 4 is 17.3 Å². The van der Waals surface area contributed by atoms with E-state index in [1.807, 2.05) is 0 Å². The van der Waals surface area contributed by atoms with Gasteiger partial charge in [0.15, 0.2) is 0 Å². The summed E-state index contributed by atoms with van der Waals surface area (Å²) >= 11 is 0. The first-order valence-electron chi connectivity index (χ1n) is 6.53. The summed E-state index contributed by atoms with van der Waals surface area (Å²) in [5, 5.41) is 13.5. The predicted molar refractivity (Wildman–Crippen MR) is 72.0 cm³/mol. The van der Waals surface area contributed by atoms with E-state index in [1.54, 1.807) is 4.90 Å². The molecule has 0 aromatic heterocycles. The summed E-state index contributed by atoms with van der Waals surface area (Å²) < 4.78 is 13.2. The molecule has 6 nitrogen and oxygen atoms in total. The molecule has 20 heavy (non-hydrogen) atoms. The third-order valence-electron chi connectivity index (χ3n) is 3.22. The van der Waals surface area contributed by atoms with Crippen molar-refractivity contribution < 1.29 is 14.1 Å². The van der Waals surface area contributed by atoms with Crippen LogP contribution in [-0.4, -0.2) is 35.4 Å². The SMILES string of the molecule is O=C(CCNc1cc(F)cc([N+](=O)[O-])c1)N1CCCC1. The number of amides is 1. The molecule has 1 amide bonds. The maximum Gasteiger partial charge on any atom is 0.274 e. The Balaban J connectivity index is 1.87. The lowest BCUT2D eigenvalue weighted by Crippen LogP contribution is -2.29. The standard InChI is InChI=1S/C13H16FN3O3/c14-10-7-11(9-12(8-10)17(19)20)15-4-3-13(18)16-5-1-2-6-16/h7-9,15H,1-6H2. The van der Waals surface area contributed by atoms with E-state index >= 15 is 0 Å². The quantitative estimate of drug-likeness (QED) is 0.663. The molecule has 108 valence electrons. The summed E-state index contributed by atoms with van der Waals surface area (Å²) in [5.41, 5.74) is 0.00397. The Morgan fingerprint density at radius 2 is 2.05 bits per heavy atom. The number of nitrogens with zero attached hydrogens (tertiary/aromatic N) is 2. The van der Waals surface area contributed by atoms with E-state index < -0.39 is 10.7 Å². The molecule has 0 aliphatic carbocycles. The van der Waals surface area contributed by atoms with Crippen LogP contribution < -0.4 is 5.32 Å². The highest BCUT2D eigenvalue weighted by Gasteiger charge is 2.17. The van der Waals surface area contributed by atoms with Crippen molar-refractivity contribution in [2.75, 3.05) is 25.0 Å². The van der Waals surface area contributed by atoms with Crippen LogP contribution in [-0.2, 0) is 4.79 Å². The Labute approximate surface area is 115 Å².